The van der Waals surface area contributed by atoms with Crippen LogP contribution in [0, 0.1) is 0 Å². The van der Waals surface area contributed by atoms with Gasteiger partial charge in [-0.2, -0.15) is 0 Å². The predicted molar refractivity (Wildman–Crippen MR) is 73.1 cm³/mol. The summed E-state index contributed by atoms with van der Waals surface area (Å²) < 4.78 is 10.7. The Balaban J connectivity index is 1.82. The van der Waals surface area contributed by atoms with Crippen LogP contribution in [0.5, 0.6) is 5.75 Å². The summed E-state index contributed by atoms with van der Waals surface area (Å²) in [5.41, 5.74) is 1.27. The van der Waals surface area contributed by atoms with E-state index in [1.165, 1.54) is 5.56 Å². The molecule has 1 atom stereocenters. The smallest absolute Gasteiger partial charge is 0.122 e. The lowest BCUT2D eigenvalue weighted by Crippen LogP contribution is -2.48. The molecule has 3 nitrogen and oxygen atoms in total. The van der Waals surface area contributed by atoms with Gasteiger partial charge in [0.25, 0.3) is 0 Å². The normalized spacial score (nSPS) is 24.4. The highest BCUT2D eigenvalue weighted by atomic mass is 16.5. The zero-order valence-electron chi connectivity index (χ0n) is 11.5. The van der Waals surface area contributed by atoms with E-state index in [2.05, 4.69) is 24.4 Å². The van der Waals surface area contributed by atoms with Crippen LogP contribution in [0.3, 0.4) is 0 Å². The van der Waals surface area contributed by atoms with E-state index in [4.69, 9.17) is 9.47 Å². The first-order valence-electron chi connectivity index (χ1n) is 6.63. The highest BCUT2D eigenvalue weighted by Crippen LogP contribution is 2.24. The van der Waals surface area contributed by atoms with Crippen molar-refractivity contribution in [3.63, 3.8) is 0 Å². The fraction of sp³-hybridized carbons (Fsp3) is 0.600. The fourth-order valence-corrected chi connectivity index (χ4v) is 2.56. The number of methoxy groups -OCH3 is 2. The van der Waals surface area contributed by atoms with Crippen LogP contribution in [0.25, 0.3) is 0 Å². The van der Waals surface area contributed by atoms with Crippen molar-refractivity contribution in [1.29, 1.82) is 0 Å². The Morgan fingerprint density at radius 1 is 1.28 bits per heavy atom. The third kappa shape index (κ3) is 3.24. The third-order valence-corrected chi connectivity index (χ3v) is 3.67. The Bertz CT molecular complexity index is 375. The maximum absolute atomic E-state index is 5.38. The molecule has 0 radical (unpaired) electrons. The van der Waals surface area contributed by atoms with Gasteiger partial charge in [0.05, 0.1) is 13.2 Å². The Hall–Kier alpha value is -1.06. The van der Waals surface area contributed by atoms with Crippen LogP contribution in [0.1, 0.15) is 25.3 Å². The van der Waals surface area contributed by atoms with E-state index < -0.39 is 0 Å². The van der Waals surface area contributed by atoms with Crippen LogP contribution in [-0.4, -0.2) is 32.4 Å². The fourth-order valence-electron chi connectivity index (χ4n) is 2.56. The van der Waals surface area contributed by atoms with Crippen molar-refractivity contribution in [2.24, 2.45) is 0 Å². The zero-order valence-corrected chi connectivity index (χ0v) is 11.5. The SMILES string of the molecule is COc1ccccc1CC(C)NC1CC(OC)C1. The molecule has 1 fully saturated rings. The Morgan fingerprint density at radius 3 is 2.67 bits per heavy atom. The second kappa shape index (κ2) is 6.21. The predicted octanol–water partition coefficient (Wildman–Crippen LogP) is 2.39. The minimum Gasteiger partial charge on any atom is -0.496 e. The first-order valence-corrected chi connectivity index (χ1v) is 6.63. The number of rotatable bonds is 6. The lowest BCUT2D eigenvalue weighted by Gasteiger charge is -2.36. The van der Waals surface area contributed by atoms with Gasteiger partial charge in [0.2, 0.25) is 0 Å². The highest BCUT2D eigenvalue weighted by Gasteiger charge is 2.29. The topological polar surface area (TPSA) is 30.5 Å². The standard InChI is InChI=1S/C15H23NO2/c1-11(16-13-9-14(10-13)17-2)8-12-6-4-5-7-15(12)18-3/h4-7,11,13-14,16H,8-10H2,1-3H3. The second-order valence-electron chi connectivity index (χ2n) is 5.11. The van der Waals surface area contributed by atoms with Gasteiger partial charge in [-0.1, -0.05) is 18.2 Å². The van der Waals surface area contributed by atoms with Crippen LogP contribution in [0.2, 0.25) is 0 Å². The van der Waals surface area contributed by atoms with Crippen LogP contribution in [0.4, 0.5) is 0 Å². The molecule has 100 valence electrons. The summed E-state index contributed by atoms with van der Waals surface area (Å²) in [5, 5.41) is 3.64. The van der Waals surface area contributed by atoms with Crippen molar-refractivity contribution in [2.75, 3.05) is 14.2 Å². The molecule has 1 aliphatic rings. The molecule has 0 aromatic heterocycles. The average Bonchev–Trinajstić information content (AvgIpc) is 2.34. The van der Waals surface area contributed by atoms with Gasteiger partial charge in [-0.05, 0) is 37.8 Å². The number of hydrogen-bond donors (Lipinski definition) is 1. The van der Waals surface area contributed by atoms with Gasteiger partial charge in [0, 0.05) is 19.2 Å². The molecule has 1 N–H and O–H groups in total. The summed E-state index contributed by atoms with van der Waals surface area (Å²) in [4.78, 5) is 0. The van der Waals surface area contributed by atoms with Gasteiger partial charge in [0.1, 0.15) is 5.75 Å². The molecule has 1 unspecified atom stereocenters. The van der Waals surface area contributed by atoms with Crippen molar-refractivity contribution in [2.45, 2.75) is 44.4 Å². The second-order valence-corrected chi connectivity index (χ2v) is 5.11. The molecular weight excluding hydrogens is 226 g/mol. The van der Waals surface area contributed by atoms with Crippen molar-refractivity contribution >= 4 is 0 Å². The summed E-state index contributed by atoms with van der Waals surface area (Å²) in [5.74, 6) is 0.981. The molecule has 1 saturated carbocycles. The molecule has 0 spiro atoms. The monoisotopic (exact) mass is 249 g/mol. The van der Waals surface area contributed by atoms with Crippen molar-refractivity contribution in [3.8, 4) is 5.75 Å². The summed E-state index contributed by atoms with van der Waals surface area (Å²) in [6.45, 7) is 2.23. The molecular formula is C15H23NO2. The van der Waals surface area contributed by atoms with Gasteiger partial charge < -0.3 is 14.8 Å². The molecule has 0 bridgehead atoms. The molecule has 0 aliphatic heterocycles. The quantitative estimate of drug-likeness (QED) is 0.839. The minimum absolute atomic E-state index is 0.459. The Kier molecular flexibility index (Phi) is 4.61. The lowest BCUT2D eigenvalue weighted by molar-refractivity contribution is 0.0148. The minimum atomic E-state index is 0.459. The van der Waals surface area contributed by atoms with E-state index in [9.17, 15) is 0 Å². The molecule has 0 heterocycles. The molecule has 3 heteroatoms. The first kappa shape index (κ1) is 13.4. The van der Waals surface area contributed by atoms with E-state index in [1.54, 1.807) is 14.2 Å². The maximum atomic E-state index is 5.38. The Morgan fingerprint density at radius 2 is 2.00 bits per heavy atom. The van der Waals surface area contributed by atoms with E-state index >= 15 is 0 Å². The number of para-hydroxylation sites is 1. The number of hydrogen-bond acceptors (Lipinski definition) is 3. The first-order chi connectivity index (χ1) is 8.72. The van der Waals surface area contributed by atoms with Gasteiger partial charge in [-0.25, -0.2) is 0 Å². The van der Waals surface area contributed by atoms with E-state index in [0.29, 0.717) is 18.2 Å². The lowest BCUT2D eigenvalue weighted by atomic mass is 9.88. The van der Waals surface area contributed by atoms with Crippen LogP contribution < -0.4 is 10.1 Å². The van der Waals surface area contributed by atoms with Crippen molar-refractivity contribution in [3.05, 3.63) is 29.8 Å². The summed E-state index contributed by atoms with van der Waals surface area (Å²) in [6.07, 6.45) is 3.72. The summed E-state index contributed by atoms with van der Waals surface area (Å²) in [7, 11) is 3.52. The van der Waals surface area contributed by atoms with Crippen LogP contribution in [0.15, 0.2) is 24.3 Å². The number of benzene rings is 1. The Labute approximate surface area is 109 Å². The third-order valence-electron chi connectivity index (χ3n) is 3.67. The van der Waals surface area contributed by atoms with E-state index in [-0.39, 0.29) is 0 Å². The van der Waals surface area contributed by atoms with Crippen LogP contribution in [-0.2, 0) is 11.2 Å². The molecule has 1 aromatic rings. The van der Waals surface area contributed by atoms with E-state index in [1.807, 2.05) is 12.1 Å². The van der Waals surface area contributed by atoms with Gasteiger partial charge in [0.15, 0.2) is 0 Å². The van der Waals surface area contributed by atoms with Crippen molar-refractivity contribution in [1.82, 2.24) is 5.32 Å². The summed E-state index contributed by atoms with van der Waals surface area (Å²) >= 11 is 0. The maximum Gasteiger partial charge on any atom is 0.122 e. The van der Waals surface area contributed by atoms with Gasteiger partial charge in [-0.15, -0.1) is 0 Å². The molecule has 0 amide bonds. The molecule has 0 saturated heterocycles. The molecule has 1 aliphatic carbocycles. The highest BCUT2D eigenvalue weighted by molar-refractivity contribution is 5.33. The van der Waals surface area contributed by atoms with Gasteiger partial charge >= 0.3 is 0 Å². The van der Waals surface area contributed by atoms with Crippen molar-refractivity contribution < 1.29 is 9.47 Å². The number of nitrogens with one attached hydrogen (secondary N) is 1. The molecule has 18 heavy (non-hydrogen) atoms. The van der Waals surface area contributed by atoms with Gasteiger partial charge in [-0.3, -0.25) is 0 Å². The van der Waals surface area contributed by atoms with E-state index in [0.717, 1.165) is 25.0 Å². The average molecular weight is 249 g/mol. The molecule has 1 aromatic carbocycles. The molecule has 2 rings (SSSR count). The zero-order chi connectivity index (χ0) is 13.0. The van der Waals surface area contributed by atoms with Crippen LogP contribution >= 0.6 is 0 Å². The summed E-state index contributed by atoms with van der Waals surface area (Å²) in [6, 6.07) is 9.30. The number of ether oxygens (including phenoxy) is 2. The largest absolute Gasteiger partial charge is 0.496 e.